The van der Waals surface area contributed by atoms with Crippen molar-refractivity contribution in [2.75, 3.05) is 17.2 Å². The van der Waals surface area contributed by atoms with E-state index in [0.717, 1.165) is 12.2 Å². The molecule has 1 heterocycles. The van der Waals surface area contributed by atoms with Crippen LogP contribution in [0.15, 0.2) is 36.0 Å². The van der Waals surface area contributed by atoms with E-state index < -0.39 is 6.03 Å². The third kappa shape index (κ3) is 3.44. The van der Waals surface area contributed by atoms with Crippen molar-refractivity contribution in [1.82, 2.24) is 10.3 Å². The van der Waals surface area contributed by atoms with Crippen molar-refractivity contribution in [3.05, 3.63) is 36.0 Å². The highest BCUT2D eigenvalue weighted by molar-refractivity contribution is 8.00. The Balaban J connectivity index is 2.38. The Bertz CT molecular complexity index is 572. The predicted molar refractivity (Wildman–Crippen MR) is 88.6 cm³/mol. The van der Waals surface area contributed by atoms with Gasteiger partial charge in [-0.1, -0.05) is 32.0 Å². The van der Waals surface area contributed by atoms with E-state index in [1.807, 2.05) is 36.3 Å². The van der Waals surface area contributed by atoms with E-state index in [4.69, 9.17) is 5.84 Å². The second-order valence-electron chi connectivity index (χ2n) is 5.39. The monoisotopic (exact) mass is 320 g/mol. The number of nitrogens with zero attached hydrogens (tertiary/aromatic N) is 2. The molecule has 1 saturated heterocycles. The van der Waals surface area contributed by atoms with Gasteiger partial charge in [-0.05, 0) is 18.1 Å². The van der Waals surface area contributed by atoms with Crippen LogP contribution in [0.25, 0.3) is 0 Å². The second-order valence-corrected chi connectivity index (χ2v) is 6.43. The first kappa shape index (κ1) is 16.4. The van der Waals surface area contributed by atoms with Crippen LogP contribution in [0.3, 0.4) is 0 Å². The maximum atomic E-state index is 12.1. The van der Waals surface area contributed by atoms with Crippen LogP contribution in [0.5, 0.6) is 0 Å². The number of anilines is 1. The molecule has 0 spiro atoms. The average molecular weight is 320 g/mol. The van der Waals surface area contributed by atoms with E-state index in [9.17, 15) is 9.59 Å². The molecule has 0 bridgehead atoms. The van der Waals surface area contributed by atoms with Gasteiger partial charge in [-0.3, -0.25) is 10.3 Å². The van der Waals surface area contributed by atoms with E-state index in [1.165, 1.54) is 16.7 Å². The number of para-hydroxylation sites is 1. The van der Waals surface area contributed by atoms with Gasteiger partial charge < -0.3 is 4.90 Å². The van der Waals surface area contributed by atoms with Crippen LogP contribution in [0, 0.1) is 5.92 Å². The van der Waals surface area contributed by atoms with Crippen molar-refractivity contribution in [2.45, 2.75) is 19.3 Å². The van der Waals surface area contributed by atoms with E-state index >= 15 is 0 Å². The van der Waals surface area contributed by atoms with Crippen LogP contribution < -0.4 is 16.2 Å². The molecule has 1 fully saturated rings. The zero-order chi connectivity index (χ0) is 16.1. The summed E-state index contributed by atoms with van der Waals surface area (Å²) in [5.41, 5.74) is 3.10. The molecular formula is C15H20N4O2S. The number of hydrazine groups is 1. The van der Waals surface area contributed by atoms with Gasteiger partial charge in [0.2, 0.25) is 0 Å². The molecule has 7 heteroatoms. The highest BCUT2D eigenvalue weighted by Gasteiger charge is 2.38. The minimum absolute atomic E-state index is 0.308. The smallest absolute Gasteiger partial charge is 0.338 e. The largest absolute Gasteiger partial charge is 0.342 e. The number of hydrogen-bond donors (Lipinski definition) is 2. The summed E-state index contributed by atoms with van der Waals surface area (Å²) in [6, 6.07) is 9.32. The predicted octanol–water partition coefficient (Wildman–Crippen LogP) is 1.78. The van der Waals surface area contributed by atoms with Gasteiger partial charge in [0.1, 0.15) is 11.6 Å². The lowest BCUT2D eigenvalue weighted by molar-refractivity contribution is 0.209. The third-order valence-electron chi connectivity index (χ3n) is 3.26. The van der Waals surface area contributed by atoms with Gasteiger partial charge in [0.15, 0.2) is 5.50 Å². The van der Waals surface area contributed by atoms with Crippen LogP contribution in [0.4, 0.5) is 10.5 Å². The second kappa shape index (κ2) is 7.35. The zero-order valence-corrected chi connectivity index (χ0v) is 13.5. The number of carbonyl (C=O) groups is 1. The number of thioether (sulfide) groups is 1. The summed E-state index contributed by atoms with van der Waals surface area (Å²) in [5, 5.41) is 0. The Labute approximate surface area is 134 Å². The summed E-state index contributed by atoms with van der Waals surface area (Å²) in [6.07, 6.45) is 0. The molecule has 1 aromatic rings. The molecule has 0 saturated carbocycles. The molecule has 0 aliphatic carbocycles. The standard InChI is InChI=1S/C15H20N4O2S/c1-11(2)8-18(12-6-4-3-5-7-12)15-19(14(21)17-16)13(9-20)10-22-15/h3-7,11,15H,8,10,16H2,1-2H3,(H,17,21). The molecule has 2 amide bonds. The van der Waals surface area contributed by atoms with Crippen LogP contribution in [0.2, 0.25) is 0 Å². The van der Waals surface area contributed by atoms with E-state index in [0.29, 0.717) is 17.4 Å². The van der Waals surface area contributed by atoms with E-state index in [2.05, 4.69) is 24.2 Å². The summed E-state index contributed by atoms with van der Waals surface area (Å²) in [4.78, 5) is 26.7. The fourth-order valence-electron chi connectivity index (χ4n) is 2.37. The van der Waals surface area contributed by atoms with Crippen LogP contribution in [-0.4, -0.2) is 34.7 Å². The first-order chi connectivity index (χ1) is 10.6. The number of amides is 2. The SMILES string of the molecule is CC(C)CN(c1ccccc1)C1SCC(=C=O)N1C(=O)NN. The lowest BCUT2D eigenvalue weighted by atomic mass is 10.2. The molecule has 3 N–H and O–H groups in total. The van der Waals surface area contributed by atoms with E-state index in [-0.39, 0.29) is 5.50 Å². The number of nitrogens with one attached hydrogen (secondary N) is 1. The Morgan fingerprint density at radius 2 is 2.18 bits per heavy atom. The topological polar surface area (TPSA) is 78.7 Å². The van der Waals surface area contributed by atoms with Gasteiger partial charge >= 0.3 is 6.03 Å². The molecule has 0 aromatic heterocycles. The zero-order valence-electron chi connectivity index (χ0n) is 12.7. The molecule has 1 aliphatic heterocycles. The van der Waals surface area contributed by atoms with Crippen LogP contribution >= 0.6 is 11.8 Å². The van der Waals surface area contributed by atoms with Gasteiger partial charge in [0.05, 0.1) is 0 Å². The highest BCUT2D eigenvalue weighted by Crippen LogP contribution is 2.35. The molecule has 118 valence electrons. The normalized spacial score (nSPS) is 17.5. The van der Waals surface area contributed by atoms with Crippen molar-refractivity contribution in [2.24, 2.45) is 11.8 Å². The summed E-state index contributed by atoms with van der Waals surface area (Å²) in [5.74, 6) is 7.94. The molecule has 2 rings (SSSR count). The number of urea groups is 1. The summed E-state index contributed by atoms with van der Waals surface area (Å²) in [7, 11) is 0. The van der Waals surface area contributed by atoms with Gasteiger partial charge in [-0.15, -0.1) is 11.8 Å². The molecule has 22 heavy (non-hydrogen) atoms. The fourth-order valence-corrected chi connectivity index (χ4v) is 3.63. The Kier molecular flexibility index (Phi) is 5.49. The van der Waals surface area contributed by atoms with Crippen molar-refractivity contribution >= 4 is 29.4 Å². The number of hydrogen-bond acceptors (Lipinski definition) is 5. The third-order valence-corrected chi connectivity index (χ3v) is 4.46. The van der Waals surface area contributed by atoms with Gasteiger partial charge in [0, 0.05) is 18.0 Å². The minimum Gasteiger partial charge on any atom is -0.342 e. The molecule has 1 aliphatic rings. The average Bonchev–Trinajstić information content (AvgIpc) is 2.96. The molecular weight excluding hydrogens is 300 g/mol. The summed E-state index contributed by atoms with van der Waals surface area (Å²) < 4.78 is 0. The van der Waals surface area contributed by atoms with Gasteiger partial charge in [-0.2, -0.15) is 0 Å². The quantitative estimate of drug-likeness (QED) is 0.383. The molecule has 1 atom stereocenters. The van der Waals surface area contributed by atoms with Gasteiger partial charge in [0.25, 0.3) is 0 Å². The Hall–Kier alpha value is -1.95. The minimum atomic E-state index is -0.502. The molecule has 6 nitrogen and oxygen atoms in total. The molecule has 1 unspecified atom stereocenters. The van der Waals surface area contributed by atoms with E-state index in [1.54, 1.807) is 0 Å². The summed E-state index contributed by atoms with van der Waals surface area (Å²) in [6.45, 7) is 4.97. The first-order valence-corrected chi connectivity index (χ1v) is 8.10. The number of rotatable bonds is 4. The van der Waals surface area contributed by atoms with Crippen molar-refractivity contribution < 1.29 is 9.59 Å². The van der Waals surface area contributed by atoms with Crippen molar-refractivity contribution in [1.29, 1.82) is 0 Å². The lowest BCUT2D eigenvalue weighted by Gasteiger charge is -2.36. The number of carbonyl (C=O) groups excluding carboxylic acids is 2. The number of benzene rings is 1. The Morgan fingerprint density at radius 1 is 1.50 bits per heavy atom. The highest BCUT2D eigenvalue weighted by atomic mass is 32.2. The maximum absolute atomic E-state index is 12.1. The fraction of sp³-hybridized carbons (Fsp3) is 0.400. The first-order valence-electron chi connectivity index (χ1n) is 7.05. The lowest BCUT2D eigenvalue weighted by Crippen LogP contribution is -2.51. The van der Waals surface area contributed by atoms with Gasteiger partial charge in [-0.25, -0.2) is 15.4 Å². The maximum Gasteiger partial charge on any atom is 0.338 e. The van der Waals surface area contributed by atoms with Crippen LogP contribution in [-0.2, 0) is 4.79 Å². The van der Waals surface area contributed by atoms with Crippen molar-refractivity contribution in [3.8, 4) is 0 Å². The molecule has 1 aromatic carbocycles. The summed E-state index contributed by atoms with van der Waals surface area (Å²) >= 11 is 1.51. The van der Waals surface area contributed by atoms with Crippen LogP contribution in [0.1, 0.15) is 13.8 Å². The Morgan fingerprint density at radius 3 is 2.73 bits per heavy atom. The number of nitrogens with two attached hydrogens (primary N) is 1. The molecule has 0 radical (unpaired) electrons. The van der Waals surface area contributed by atoms with Crippen molar-refractivity contribution in [3.63, 3.8) is 0 Å².